The zero-order valence-electron chi connectivity index (χ0n) is 7.96. The summed E-state index contributed by atoms with van der Waals surface area (Å²) in [6.07, 6.45) is 2.09. The van der Waals surface area contributed by atoms with Crippen LogP contribution in [0, 0.1) is 0 Å². The van der Waals surface area contributed by atoms with Gasteiger partial charge in [-0.2, -0.15) is 0 Å². The molecule has 0 aliphatic rings. The molecule has 7 heteroatoms. The van der Waals surface area contributed by atoms with Crippen LogP contribution in [0.1, 0.15) is 19.8 Å². The van der Waals surface area contributed by atoms with Crippen molar-refractivity contribution in [2.75, 3.05) is 6.61 Å². The quantitative estimate of drug-likeness (QED) is 0.459. The molecule has 15 heavy (non-hydrogen) atoms. The minimum atomic E-state index is 0.320. The largest absolute Gasteiger partial charge is 0.478 e. The van der Waals surface area contributed by atoms with E-state index in [0.717, 1.165) is 12.8 Å². The first-order chi connectivity index (χ1) is 7.13. The SMILES string of the molecule is CCCCOC(=S)Sc1nc(Cl)c(Cl)s1. The molecular formula is C8H9Cl2NOS3. The maximum atomic E-state index is 5.77. The molecule has 0 saturated carbocycles. The fraction of sp³-hybridized carbons (Fsp3) is 0.500. The summed E-state index contributed by atoms with van der Waals surface area (Å²) in [5.74, 6) is 0. The van der Waals surface area contributed by atoms with Crippen molar-refractivity contribution in [2.24, 2.45) is 0 Å². The molecule has 0 aliphatic carbocycles. The zero-order valence-corrected chi connectivity index (χ0v) is 11.9. The Labute approximate surface area is 112 Å². The summed E-state index contributed by atoms with van der Waals surface area (Å²) in [4.78, 5) is 4.03. The van der Waals surface area contributed by atoms with Crippen molar-refractivity contribution in [3.05, 3.63) is 9.49 Å². The Kier molecular flexibility index (Phi) is 6.23. The molecule has 0 amide bonds. The molecule has 0 saturated heterocycles. The molecule has 0 spiro atoms. The van der Waals surface area contributed by atoms with Gasteiger partial charge in [-0.1, -0.05) is 47.9 Å². The van der Waals surface area contributed by atoms with Crippen LogP contribution >= 0.6 is 58.5 Å². The normalized spacial score (nSPS) is 10.3. The third kappa shape index (κ3) is 4.87. The van der Waals surface area contributed by atoms with Crippen molar-refractivity contribution in [1.29, 1.82) is 0 Å². The van der Waals surface area contributed by atoms with Crippen molar-refractivity contribution in [3.8, 4) is 0 Å². The van der Waals surface area contributed by atoms with E-state index in [2.05, 4.69) is 11.9 Å². The van der Waals surface area contributed by atoms with Gasteiger partial charge < -0.3 is 4.74 Å². The number of thiazole rings is 1. The summed E-state index contributed by atoms with van der Waals surface area (Å²) in [5.41, 5.74) is 0. The highest BCUT2D eigenvalue weighted by molar-refractivity contribution is 8.23. The number of thioether (sulfide) groups is 1. The molecule has 0 aliphatic heterocycles. The number of hydrogen-bond acceptors (Lipinski definition) is 5. The van der Waals surface area contributed by atoms with Gasteiger partial charge in [-0.05, 0) is 30.4 Å². The Bertz CT molecular complexity index is 323. The molecule has 0 fully saturated rings. The van der Waals surface area contributed by atoms with Crippen LogP contribution in [-0.4, -0.2) is 16.0 Å². The summed E-state index contributed by atoms with van der Waals surface area (Å²) < 4.78 is 6.97. The molecule has 2 nitrogen and oxygen atoms in total. The lowest BCUT2D eigenvalue weighted by molar-refractivity contribution is 0.313. The van der Waals surface area contributed by atoms with Crippen molar-refractivity contribution >= 4 is 62.9 Å². The molecular weight excluding hydrogens is 293 g/mol. The highest BCUT2D eigenvalue weighted by Crippen LogP contribution is 2.34. The minimum Gasteiger partial charge on any atom is -0.478 e. The lowest BCUT2D eigenvalue weighted by Crippen LogP contribution is -1.98. The van der Waals surface area contributed by atoms with Crippen LogP contribution in [0.15, 0.2) is 4.34 Å². The second kappa shape index (κ2) is 6.91. The van der Waals surface area contributed by atoms with E-state index >= 15 is 0 Å². The topological polar surface area (TPSA) is 22.1 Å². The number of unbranched alkanes of at least 4 members (excludes halogenated alkanes) is 1. The van der Waals surface area contributed by atoms with Gasteiger partial charge in [-0.3, -0.25) is 0 Å². The van der Waals surface area contributed by atoms with Crippen LogP contribution in [0.4, 0.5) is 0 Å². The number of ether oxygens (including phenoxy) is 1. The molecule has 84 valence electrons. The number of rotatable bonds is 4. The maximum Gasteiger partial charge on any atom is 0.227 e. The first kappa shape index (κ1) is 13.5. The second-order valence-electron chi connectivity index (χ2n) is 2.60. The Morgan fingerprint density at radius 2 is 2.33 bits per heavy atom. The number of hydrogen-bond donors (Lipinski definition) is 0. The van der Waals surface area contributed by atoms with Gasteiger partial charge in [0.2, 0.25) is 4.38 Å². The standard InChI is InChI=1S/C8H9Cl2NOS3/c1-2-3-4-12-8(13)15-7-11-5(9)6(10)14-7/h2-4H2,1H3. The van der Waals surface area contributed by atoms with Gasteiger partial charge in [0.1, 0.15) is 4.34 Å². The predicted molar refractivity (Wildman–Crippen MR) is 71.4 cm³/mol. The molecule has 1 aromatic rings. The summed E-state index contributed by atoms with van der Waals surface area (Å²) in [7, 11) is 0. The van der Waals surface area contributed by atoms with Crippen molar-refractivity contribution < 1.29 is 4.74 Å². The highest BCUT2D eigenvalue weighted by atomic mass is 35.5. The van der Waals surface area contributed by atoms with Crippen molar-refractivity contribution in [3.63, 3.8) is 0 Å². The van der Waals surface area contributed by atoms with Gasteiger partial charge in [0.25, 0.3) is 0 Å². The number of halogens is 2. The fourth-order valence-corrected chi connectivity index (χ4v) is 3.37. The Morgan fingerprint density at radius 1 is 1.60 bits per heavy atom. The Balaban J connectivity index is 2.37. The molecule has 0 aromatic carbocycles. The lowest BCUT2D eigenvalue weighted by Gasteiger charge is -2.03. The van der Waals surface area contributed by atoms with Gasteiger partial charge in [0.15, 0.2) is 9.49 Å². The van der Waals surface area contributed by atoms with Crippen molar-refractivity contribution in [2.45, 2.75) is 24.1 Å². The van der Waals surface area contributed by atoms with Gasteiger partial charge in [0, 0.05) is 0 Å². The van der Waals surface area contributed by atoms with E-state index in [1.165, 1.54) is 23.1 Å². The van der Waals surface area contributed by atoms with E-state index < -0.39 is 0 Å². The van der Waals surface area contributed by atoms with Crippen LogP contribution in [0.2, 0.25) is 9.49 Å². The Morgan fingerprint density at radius 3 is 2.87 bits per heavy atom. The fourth-order valence-electron chi connectivity index (χ4n) is 0.710. The summed E-state index contributed by atoms with van der Waals surface area (Å²) in [5, 5.41) is 0.320. The first-order valence-corrected chi connectivity index (χ1v) is 7.09. The zero-order chi connectivity index (χ0) is 11.3. The van der Waals surface area contributed by atoms with E-state index in [9.17, 15) is 0 Å². The predicted octanol–water partition coefficient (Wildman–Crippen LogP) is 4.64. The number of aromatic nitrogens is 1. The second-order valence-corrected chi connectivity index (χ2v) is 6.41. The van der Waals surface area contributed by atoms with Crippen LogP contribution < -0.4 is 0 Å². The van der Waals surface area contributed by atoms with E-state index in [-0.39, 0.29) is 0 Å². The maximum absolute atomic E-state index is 5.77. The van der Waals surface area contributed by atoms with Crippen LogP contribution in [0.25, 0.3) is 0 Å². The monoisotopic (exact) mass is 301 g/mol. The highest BCUT2D eigenvalue weighted by Gasteiger charge is 2.10. The van der Waals surface area contributed by atoms with Crippen LogP contribution in [0.5, 0.6) is 0 Å². The van der Waals surface area contributed by atoms with Crippen LogP contribution in [-0.2, 0) is 4.74 Å². The molecule has 0 bridgehead atoms. The smallest absolute Gasteiger partial charge is 0.227 e. The third-order valence-electron chi connectivity index (χ3n) is 1.42. The molecule has 1 aromatic heterocycles. The third-order valence-corrected chi connectivity index (χ3v) is 4.37. The average molecular weight is 302 g/mol. The van der Waals surface area contributed by atoms with Crippen molar-refractivity contribution in [1.82, 2.24) is 4.98 Å². The molecule has 0 radical (unpaired) electrons. The van der Waals surface area contributed by atoms with E-state index in [1.807, 2.05) is 0 Å². The first-order valence-electron chi connectivity index (χ1n) is 4.30. The van der Waals surface area contributed by atoms with Gasteiger partial charge in [-0.15, -0.1) is 0 Å². The summed E-state index contributed by atoms with van der Waals surface area (Å²) >= 11 is 19.1. The van der Waals surface area contributed by atoms with E-state index in [1.54, 1.807) is 0 Å². The molecule has 0 N–H and O–H groups in total. The molecule has 1 rings (SSSR count). The summed E-state index contributed by atoms with van der Waals surface area (Å²) in [6, 6.07) is 0. The Hall–Kier alpha value is 0.450. The van der Waals surface area contributed by atoms with Gasteiger partial charge in [-0.25, -0.2) is 4.98 Å². The molecule has 1 heterocycles. The molecule has 0 unspecified atom stereocenters. The molecule has 0 atom stereocenters. The van der Waals surface area contributed by atoms with Gasteiger partial charge in [0.05, 0.1) is 6.61 Å². The van der Waals surface area contributed by atoms with E-state index in [0.29, 0.717) is 24.8 Å². The number of nitrogens with zero attached hydrogens (tertiary/aromatic N) is 1. The summed E-state index contributed by atoms with van der Waals surface area (Å²) in [6.45, 7) is 2.75. The van der Waals surface area contributed by atoms with Crippen LogP contribution in [0.3, 0.4) is 0 Å². The van der Waals surface area contributed by atoms with Gasteiger partial charge >= 0.3 is 0 Å². The van der Waals surface area contributed by atoms with E-state index in [4.69, 9.17) is 40.2 Å². The lowest BCUT2D eigenvalue weighted by atomic mass is 10.4. The minimum absolute atomic E-state index is 0.320. The number of thiocarbonyl (C=S) groups is 1. The average Bonchev–Trinajstić information content (AvgIpc) is 2.46.